The van der Waals surface area contributed by atoms with E-state index in [2.05, 4.69) is 20.6 Å². The second-order valence-electron chi connectivity index (χ2n) is 7.99. The highest BCUT2D eigenvalue weighted by Gasteiger charge is 2.14. The molecule has 2 amide bonds. The summed E-state index contributed by atoms with van der Waals surface area (Å²) in [5, 5.41) is 6.75. The summed E-state index contributed by atoms with van der Waals surface area (Å²) in [6, 6.07) is 14.9. The van der Waals surface area contributed by atoms with Crippen LogP contribution in [0.3, 0.4) is 0 Å². The number of rotatable bonds is 6. The van der Waals surface area contributed by atoms with Crippen LogP contribution in [0.15, 0.2) is 60.8 Å². The molecule has 0 aliphatic heterocycles. The van der Waals surface area contributed by atoms with Crippen LogP contribution >= 0.6 is 11.6 Å². The number of pyridine rings is 1. The number of aromatic amines is 1. The van der Waals surface area contributed by atoms with Gasteiger partial charge < -0.3 is 15.6 Å². The molecule has 0 saturated heterocycles. The molecule has 4 aromatic rings. The highest BCUT2D eigenvalue weighted by atomic mass is 35.5. The molecule has 0 saturated carbocycles. The number of halogens is 2. The monoisotopic (exact) mass is 464 g/mol. The number of carbonyl (C=O) groups is 2. The van der Waals surface area contributed by atoms with E-state index in [1.807, 2.05) is 19.9 Å². The third-order valence-electron chi connectivity index (χ3n) is 5.15. The van der Waals surface area contributed by atoms with Crippen LogP contribution in [0.4, 0.5) is 10.1 Å². The molecule has 0 aliphatic rings. The molecule has 0 unspecified atom stereocenters. The maximum absolute atomic E-state index is 13.2. The Hall–Kier alpha value is -3.71. The summed E-state index contributed by atoms with van der Waals surface area (Å²) < 4.78 is 13.2. The molecular weight excluding hydrogens is 443 g/mol. The number of hydrogen-bond donors (Lipinski definition) is 3. The lowest BCUT2D eigenvalue weighted by Gasteiger charge is -2.11. The van der Waals surface area contributed by atoms with Crippen molar-refractivity contribution >= 4 is 40.1 Å². The molecule has 0 spiro atoms. The first-order chi connectivity index (χ1) is 15.8. The Kier molecular flexibility index (Phi) is 6.42. The maximum Gasteiger partial charge on any atom is 0.257 e. The van der Waals surface area contributed by atoms with Crippen molar-refractivity contribution < 1.29 is 14.0 Å². The topological polar surface area (TPSA) is 86.9 Å². The van der Waals surface area contributed by atoms with Crippen molar-refractivity contribution in [3.8, 4) is 11.3 Å². The molecule has 0 radical (unpaired) electrons. The van der Waals surface area contributed by atoms with Gasteiger partial charge in [-0.2, -0.15) is 0 Å². The van der Waals surface area contributed by atoms with Crippen LogP contribution in [0.25, 0.3) is 22.3 Å². The molecule has 0 bridgehead atoms. The number of aromatic nitrogens is 2. The van der Waals surface area contributed by atoms with Gasteiger partial charge in [-0.3, -0.25) is 9.59 Å². The zero-order chi connectivity index (χ0) is 23.5. The molecule has 168 valence electrons. The van der Waals surface area contributed by atoms with E-state index in [0.29, 0.717) is 28.5 Å². The van der Waals surface area contributed by atoms with Gasteiger partial charge in [0, 0.05) is 23.5 Å². The SMILES string of the molecule is CC(C)C(=O)NCc1ccc(Cl)c(C(=O)Nc2cnc3[nH]c(-c4ccc(F)cc4)cc3c2)c1. The highest BCUT2D eigenvalue weighted by Crippen LogP contribution is 2.26. The number of fused-ring (bicyclic) bond motifs is 1. The molecule has 2 heterocycles. The van der Waals surface area contributed by atoms with Crippen LogP contribution in [0.2, 0.25) is 5.02 Å². The lowest BCUT2D eigenvalue weighted by atomic mass is 10.1. The van der Waals surface area contributed by atoms with Crippen molar-refractivity contribution in [3.05, 3.63) is 82.8 Å². The predicted octanol–water partition coefficient (Wildman–Crippen LogP) is 5.55. The Morgan fingerprint density at radius 2 is 1.85 bits per heavy atom. The second-order valence-corrected chi connectivity index (χ2v) is 8.40. The fourth-order valence-electron chi connectivity index (χ4n) is 3.32. The summed E-state index contributed by atoms with van der Waals surface area (Å²) in [6.45, 7) is 3.93. The average Bonchev–Trinajstić information content (AvgIpc) is 3.22. The zero-order valence-corrected chi connectivity index (χ0v) is 18.8. The Balaban J connectivity index is 1.52. The van der Waals surface area contributed by atoms with Crippen LogP contribution in [-0.4, -0.2) is 21.8 Å². The Labute approximate surface area is 195 Å². The Bertz CT molecular complexity index is 1330. The Morgan fingerprint density at radius 3 is 2.58 bits per heavy atom. The predicted molar refractivity (Wildman–Crippen MR) is 128 cm³/mol. The summed E-state index contributed by atoms with van der Waals surface area (Å²) in [6.07, 6.45) is 1.55. The van der Waals surface area contributed by atoms with Gasteiger partial charge in [0.05, 0.1) is 22.5 Å². The summed E-state index contributed by atoms with van der Waals surface area (Å²) in [4.78, 5) is 32.3. The molecule has 2 aromatic carbocycles. The van der Waals surface area contributed by atoms with Gasteiger partial charge in [-0.15, -0.1) is 0 Å². The van der Waals surface area contributed by atoms with E-state index in [9.17, 15) is 14.0 Å². The number of H-pyrrole nitrogens is 1. The van der Waals surface area contributed by atoms with Gasteiger partial charge in [0.25, 0.3) is 5.91 Å². The number of benzene rings is 2. The van der Waals surface area contributed by atoms with Crippen molar-refractivity contribution in [1.29, 1.82) is 0 Å². The number of carbonyl (C=O) groups excluding carboxylic acids is 2. The molecule has 0 fully saturated rings. The molecule has 6 nitrogen and oxygen atoms in total. The fourth-order valence-corrected chi connectivity index (χ4v) is 3.52. The number of anilines is 1. The quantitative estimate of drug-likeness (QED) is 0.350. The minimum absolute atomic E-state index is 0.0677. The second kappa shape index (κ2) is 9.42. The number of nitrogens with zero attached hydrogens (tertiary/aromatic N) is 1. The van der Waals surface area contributed by atoms with E-state index in [4.69, 9.17) is 11.6 Å². The summed E-state index contributed by atoms with van der Waals surface area (Å²) in [7, 11) is 0. The molecule has 0 atom stereocenters. The first-order valence-electron chi connectivity index (χ1n) is 10.4. The average molecular weight is 465 g/mol. The van der Waals surface area contributed by atoms with Crippen molar-refractivity contribution in [2.75, 3.05) is 5.32 Å². The molecule has 2 aromatic heterocycles. The third kappa shape index (κ3) is 5.21. The number of hydrogen-bond acceptors (Lipinski definition) is 3. The molecule has 8 heteroatoms. The molecule has 0 aliphatic carbocycles. The van der Waals surface area contributed by atoms with Gasteiger partial charge in [-0.25, -0.2) is 9.37 Å². The van der Waals surface area contributed by atoms with Crippen molar-refractivity contribution in [1.82, 2.24) is 15.3 Å². The van der Waals surface area contributed by atoms with Gasteiger partial charge >= 0.3 is 0 Å². The molecule has 4 rings (SSSR count). The normalized spacial score (nSPS) is 11.1. The van der Waals surface area contributed by atoms with Crippen molar-refractivity contribution in [3.63, 3.8) is 0 Å². The van der Waals surface area contributed by atoms with Gasteiger partial charge in [0.2, 0.25) is 5.91 Å². The van der Waals surface area contributed by atoms with Crippen LogP contribution in [0.1, 0.15) is 29.8 Å². The van der Waals surface area contributed by atoms with Crippen LogP contribution < -0.4 is 10.6 Å². The van der Waals surface area contributed by atoms with Crippen LogP contribution in [0, 0.1) is 11.7 Å². The minimum Gasteiger partial charge on any atom is -0.352 e. The van der Waals surface area contributed by atoms with Crippen LogP contribution in [-0.2, 0) is 11.3 Å². The van der Waals surface area contributed by atoms with E-state index in [-0.39, 0.29) is 23.5 Å². The van der Waals surface area contributed by atoms with Gasteiger partial charge in [0.15, 0.2) is 0 Å². The van der Waals surface area contributed by atoms with Gasteiger partial charge in [-0.1, -0.05) is 31.5 Å². The van der Waals surface area contributed by atoms with E-state index < -0.39 is 0 Å². The molecule has 33 heavy (non-hydrogen) atoms. The molecular formula is C25H22ClFN4O2. The van der Waals surface area contributed by atoms with Crippen molar-refractivity contribution in [2.24, 2.45) is 5.92 Å². The smallest absolute Gasteiger partial charge is 0.257 e. The fraction of sp³-hybridized carbons (Fsp3) is 0.160. The largest absolute Gasteiger partial charge is 0.352 e. The number of nitrogens with one attached hydrogen (secondary N) is 3. The Morgan fingerprint density at radius 1 is 1.09 bits per heavy atom. The lowest BCUT2D eigenvalue weighted by molar-refractivity contribution is -0.124. The van der Waals surface area contributed by atoms with E-state index in [1.165, 1.54) is 12.1 Å². The highest BCUT2D eigenvalue weighted by molar-refractivity contribution is 6.34. The van der Waals surface area contributed by atoms with Gasteiger partial charge in [0.1, 0.15) is 11.5 Å². The standard InChI is InChI=1S/C25H22ClFN4O2/c1-14(2)24(32)29-12-15-3-8-21(26)20(9-15)25(33)30-19-10-17-11-22(31-23(17)28-13-19)16-4-6-18(27)7-5-16/h3-11,13-14H,12H2,1-2H3,(H,28,31)(H,29,32)(H,30,33). The van der Waals surface area contributed by atoms with E-state index in [1.54, 1.807) is 42.6 Å². The summed E-state index contributed by atoms with van der Waals surface area (Å²) >= 11 is 6.25. The maximum atomic E-state index is 13.2. The first kappa shape index (κ1) is 22.5. The van der Waals surface area contributed by atoms with Crippen molar-refractivity contribution in [2.45, 2.75) is 20.4 Å². The number of amides is 2. The minimum atomic E-state index is -0.382. The zero-order valence-electron chi connectivity index (χ0n) is 18.1. The lowest BCUT2D eigenvalue weighted by Crippen LogP contribution is -2.27. The first-order valence-corrected chi connectivity index (χ1v) is 10.8. The van der Waals surface area contributed by atoms with E-state index in [0.717, 1.165) is 22.2 Å². The molecule has 3 N–H and O–H groups in total. The van der Waals surface area contributed by atoms with Crippen LogP contribution in [0.5, 0.6) is 0 Å². The third-order valence-corrected chi connectivity index (χ3v) is 5.48. The van der Waals surface area contributed by atoms with E-state index >= 15 is 0 Å². The summed E-state index contributed by atoms with van der Waals surface area (Å²) in [5.74, 6) is -0.878. The summed E-state index contributed by atoms with van der Waals surface area (Å²) in [5.41, 5.74) is 3.84. The van der Waals surface area contributed by atoms with Gasteiger partial charge in [-0.05, 0) is 59.7 Å².